The van der Waals surface area contributed by atoms with Gasteiger partial charge < -0.3 is 9.72 Å². The van der Waals surface area contributed by atoms with Crippen molar-refractivity contribution < 1.29 is 19.1 Å². The number of carbonyl (C=O) groups excluding carboxylic acids is 3. The number of ketones is 2. The lowest BCUT2D eigenvalue weighted by Gasteiger charge is -2.07. The molecule has 5 nitrogen and oxygen atoms in total. The number of Topliss-reactive ketones (excluding diaryl/α,β-unsaturated/α-hetero) is 2. The Morgan fingerprint density at radius 2 is 1.72 bits per heavy atom. The van der Waals surface area contributed by atoms with Gasteiger partial charge in [-0.25, -0.2) is 0 Å². The lowest BCUT2D eigenvalue weighted by atomic mass is 10.1. The third-order valence-corrected chi connectivity index (χ3v) is 4.52. The van der Waals surface area contributed by atoms with Gasteiger partial charge in [-0.05, 0) is 38.5 Å². The zero-order chi connectivity index (χ0) is 18.7. The molecular weight excluding hydrogens is 365 g/mol. The minimum atomic E-state index is -0.615. The number of esters is 1. The van der Waals surface area contributed by atoms with Crippen molar-refractivity contribution in [3.05, 3.63) is 56.3 Å². The molecule has 0 aliphatic heterocycles. The van der Waals surface area contributed by atoms with E-state index in [2.05, 4.69) is 4.98 Å². The Labute approximate surface area is 155 Å². The van der Waals surface area contributed by atoms with E-state index in [1.54, 1.807) is 32.0 Å². The van der Waals surface area contributed by atoms with Crippen LogP contribution in [-0.2, 0) is 16.0 Å². The number of hydrogen-bond acceptors (Lipinski definition) is 4. The molecule has 0 atom stereocenters. The summed E-state index contributed by atoms with van der Waals surface area (Å²) in [5, 5.41) is 0.718. The number of aryl methyl sites for hydroxylation is 1. The second-order valence-corrected chi connectivity index (χ2v) is 6.46. The highest BCUT2D eigenvalue weighted by Gasteiger charge is 2.21. The van der Waals surface area contributed by atoms with Crippen molar-refractivity contribution in [2.45, 2.75) is 27.2 Å². The quantitative estimate of drug-likeness (QED) is 0.603. The predicted octanol–water partition coefficient (Wildman–Crippen LogP) is 4.11. The predicted molar refractivity (Wildman–Crippen MR) is 95.7 cm³/mol. The lowest BCUT2D eigenvalue weighted by molar-refractivity contribution is -0.141. The normalized spacial score (nSPS) is 10.6. The maximum atomic E-state index is 12.3. The highest BCUT2D eigenvalue weighted by molar-refractivity contribution is 6.36. The first-order valence-corrected chi connectivity index (χ1v) is 8.29. The van der Waals surface area contributed by atoms with Crippen molar-refractivity contribution in [2.24, 2.45) is 0 Å². The molecule has 2 aromatic rings. The van der Waals surface area contributed by atoms with Crippen LogP contribution in [0.15, 0.2) is 18.2 Å². The van der Waals surface area contributed by atoms with E-state index in [1.807, 2.05) is 0 Å². The lowest BCUT2D eigenvalue weighted by Crippen LogP contribution is -2.17. The van der Waals surface area contributed by atoms with Crippen LogP contribution >= 0.6 is 23.2 Å². The molecule has 7 heteroatoms. The van der Waals surface area contributed by atoms with Crippen LogP contribution in [0, 0.1) is 13.8 Å². The number of halogens is 2. The summed E-state index contributed by atoms with van der Waals surface area (Å²) in [4.78, 5) is 38.7. The molecule has 1 heterocycles. The summed E-state index contributed by atoms with van der Waals surface area (Å²) in [6.07, 6.45) is -0.132. The summed E-state index contributed by atoms with van der Waals surface area (Å²) in [5.41, 5.74) is 2.38. The van der Waals surface area contributed by atoms with E-state index in [4.69, 9.17) is 27.9 Å². The molecule has 0 saturated carbocycles. The number of nitrogens with one attached hydrogen (secondary N) is 1. The second kappa shape index (κ2) is 7.85. The van der Waals surface area contributed by atoms with Gasteiger partial charge in [0.2, 0.25) is 5.78 Å². The molecule has 0 bridgehead atoms. The molecule has 132 valence electrons. The zero-order valence-electron chi connectivity index (χ0n) is 14.0. The Balaban J connectivity index is 2.04. The number of ether oxygens (including phenoxy) is 1. The standard InChI is InChI=1S/C18H17Cl2NO4/c1-9-17(11(3)22)10(2)21-18(9)15(23)8-25-16(24)7-12-13(19)5-4-6-14(12)20/h4-6,21H,7-8H2,1-3H3. The molecule has 0 aliphatic carbocycles. The molecule has 0 fully saturated rings. The summed E-state index contributed by atoms with van der Waals surface area (Å²) in [6.45, 7) is 4.40. The summed E-state index contributed by atoms with van der Waals surface area (Å²) >= 11 is 12.0. The van der Waals surface area contributed by atoms with Crippen LogP contribution in [-0.4, -0.2) is 29.1 Å². The van der Waals surface area contributed by atoms with Gasteiger partial charge in [-0.15, -0.1) is 0 Å². The van der Waals surface area contributed by atoms with E-state index in [9.17, 15) is 14.4 Å². The molecule has 0 unspecified atom stereocenters. The fraction of sp³-hybridized carbons (Fsp3) is 0.278. The zero-order valence-corrected chi connectivity index (χ0v) is 15.5. The van der Waals surface area contributed by atoms with Gasteiger partial charge in [0, 0.05) is 26.9 Å². The first-order chi connectivity index (χ1) is 11.7. The topological polar surface area (TPSA) is 76.2 Å². The summed E-state index contributed by atoms with van der Waals surface area (Å²) in [7, 11) is 0. The van der Waals surface area contributed by atoms with Gasteiger partial charge in [-0.2, -0.15) is 0 Å². The third kappa shape index (κ3) is 4.30. The van der Waals surface area contributed by atoms with Gasteiger partial charge in [0.05, 0.1) is 12.1 Å². The Morgan fingerprint density at radius 3 is 2.24 bits per heavy atom. The van der Waals surface area contributed by atoms with E-state index in [1.165, 1.54) is 6.92 Å². The molecule has 1 N–H and O–H groups in total. The second-order valence-electron chi connectivity index (χ2n) is 5.64. The Kier molecular flexibility index (Phi) is 6.03. The van der Waals surface area contributed by atoms with Gasteiger partial charge in [0.25, 0.3) is 0 Å². The first-order valence-electron chi connectivity index (χ1n) is 7.54. The number of rotatable bonds is 6. The molecule has 0 spiro atoms. The van der Waals surface area contributed by atoms with Crippen LogP contribution < -0.4 is 0 Å². The fourth-order valence-corrected chi connectivity index (χ4v) is 3.20. The number of aromatic nitrogens is 1. The van der Waals surface area contributed by atoms with Gasteiger partial charge in [0.15, 0.2) is 12.4 Å². The number of benzene rings is 1. The smallest absolute Gasteiger partial charge is 0.310 e. The minimum absolute atomic E-state index is 0.129. The van der Waals surface area contributed by atoms with Crippen molar-refractivity contribution in [2.75, 3.05) is 6.61 Å². The SMILES string of the molecule is CC(=O)c1c(C)[nH]c(C(=O)COC(=O)Cc2c(Cl)cccc2Cl)c1C. The van der Waals surface area contributed by atoms with E-state index < -0.39 is 18.4 Å². The molecule has 0 radical (unpaired) electrons. The monoisotopic (exact) mass is 381 g/mol. The Morgan fingerprint density at radius 1 is 1.12 bits per heavy atom. The maximum Gasteiger partial charge on any atom is 0.310 e. The molecular formula is C18H17Cl2NO4. The number of hydrogen-bond donors (Lipinski definition) is 1. The fourth-order valence-electron chi connectivity index (χ4n) is 2.67. The van der Waals surface area contributed by atoms with Gasteiger partial charge in [0.1, 0.15) is 0 Å². The van der Waals surface area contributed by atoms with Crippen LogP contribution in [0.1, 0.15) is 44.6 Å². The van der Waals surface area contributed by atoms with Crippen LogP contribution in [0.25, 0.3) is 0 Å². The summed E-state index contributed by atoms with van der Waals surface area (Å²) in [6, 6.07) is 4.91. The minimum Gasteiger partial charge on any atom is -0.457 e. The van der Waals surface area contributed by atoms with Gasteiger partial charge in [-0.1, -0.05) is 29.3 Å². The molecule has 0 amide bonds. The third-order valence-electron chi connectivity index (χ3n) is 3.82. The Bertz CT molecular complexity index is 835. The molecule has 2 rings (SSSR count). The van der Waals surface area contributed by atoms with Crippen LogP contribution in [0.2, 0.25) is 10.0 Å². The molecule has 0 aliphatic rings. The average molecular weight is 382 g/mol. The number of aromatic amines is 1. The molecule has 0 saturated heterocycles. The van der Waals surface area contributed by atoms with Gasteiger partial charge >= 0.3 is 5.97 Å². The van der Waals surface area contributed by atoms with Crippen LogP contribution in [0.4, 0.5) is 0 Å². The van der Waals surface area contributed by atoms with Crippen LogP contribution in [0.3, 0.4) is 0 Å². The summed E-state index contributed by atoms with van der Waals surface area (Å²) < 4.78 is 5.03. The van der Waals surface area contributed by atoms with E-state index in [0.29, 0.717) is 32.4 Å². The Hall–Kier alpha value is -2.11. The number of H-pyrrole nitrogens is 1. The highest BCUT2D eigenvalue weighted by atomic mass is 35.5. The first kappa shape index (κ1) is 19.2. The van der Waals surface area contributed by atoms with Gasteiger partial charge in [-0.3, -0.25) is 14.4 Å². The van der Waals surface area contributed by atoms with Crippen molar-refractivity contribution in [3.63, 3.8) is 0 Å². The highest BCUT2D eigenvalue weighted by Crippen LogP contribution is 2.25. The maximum absolute atomic E-state index is 12.3. The van der Waals surface area contributed by atoms with Crippen molar-refractivity contribution in [1.82, 2.24) is 4.98 Å². The van der Waals surface area contributed by atoms with Crippen molar-refractivity contribution in [1.29, 1.82) is 0 Å². The average Bonchev–Trinajstić information content (AvgIpc) is 2.83. The van der Waals surface area contributed by atoms with E-state index in [-0.39, 0.29) is 17.9 Å². The van der Waals surface area contributed by atoms with E-state index in [0.717, 1.165) is 0 Å². The molecule has 25 heavy (non-hydrogen) atoms. The number of carbonyl (C=O) groups is 3. The summed E-state index contributed by atoms with van der Waals surface area (Å²) in [5.74, 6) is -1.15. The van der Waals surface area contributed by atoms with E-state index >= 15 is 0 Å². The van der Waals surface area contributed by atoms with Crippen molar-refractivity contribution >= 4 is 40.7 Å². The largest absolute Gasteiger partial charge is 0.457 e. The molecule has 1 aromatic heterocycles. The van der Waals surface area contributed by atoms with Crippen LogP contribution in [0.5, 0.6) is 0 Å². The van der Waals surface area contributed by atoms with Crippen molar-refractivity contribution in [3.8, 4) is 0 Å². The molecule has 1 aromatic carbocycles.